The molecule has 3 rings (SSSR count). The van der Waals surface area contributed by atoms with Crippen molar-refractivity contribution in [3.05, 3.63) is 52.8 Å². The molecular weight excluding hydrogens is 224 g/mol. The van der Waals surface area contributed by atoms with E-state index < -0.39 is 0 Å². The van der Waals surface area contributed by atoms with Gasteiger partial charge in [-0.1, -0.05) is 11.6 Å². The first-order chi connectivity index (χ1) is 8.58. The van der Waals surface area contributed by atoms with E-state index in [0.717, 1.165) is 16.8 Å². The quantitative estimate of drug-likeness (QED) is 0.695. The number of benzene rings is 1. The van der Waals surface area contributed by atoms with Crippen LogP contribution in [0.2, 0.25) is 0 Å². The van der Waals surface area contributed by atoms with E-state index in [1.807, 2.05) is 32.3 Å². The SMILES string of the molecule is Cc1ccc2c(c1)C(=O)N(C)Cc1c(C)ccn1-2. The zero-order valence-electron chi connectivity index (χ0n) is 10.9. The lowest BCUT2D eigenvalue weighted by Gasteiger charge is -2.14. The molecule has 0 bridgehead atoms. The molecule has 3 nitrogen and oxygen atoms in total. The molecule has 3 heteroatoms. The molecule has 18 heavy (non-hydrogen) atoms. The number of nitrogens with zero attached hydrogens (tertiary/aromatic N) is 2. The number of amides is 1. The summed E-state index contributed by atoms with van der Waals surface area (Å²) in [5.41, 5.74) is 5.30. The van der Waals surface area contributed by atoms with Crippen molar-refractivity contribution in [1.29, 1.82) is 0 Å². The van der Waals surface area contributed by atoms with Crippen molar-refractivity contribution in [3.63, 3.8) is 0 Å². The number of fused-ring (bicyclic) bond motifs is 3. The molecule has 1 aromatic carbocycles. The van der Waals surface area contributed by atoms with E-state index in [1.165, 1.54) is 11.3 Å². The van der Waals surface area contributed by atoms with Crippen LogP contribution >= 0.6 is 0 Å². The summed E-state index contributed by atoms with van der Waals surface area (Å²) in [7, 11) is 1.86. The third-order valence-corrected chi connectivity index (χ3v) is 3.60. The molecule has 1 amide bonds. The van der Waals surface area contributed by atoms with Crippen LogP contribution in [0.1, 0.15) is 27.2 Å². The molecule has 0 fully saturated rings. The van der Waals surface area contributed by atoms with Gasteiger partial charge in [-0.25, -0.2) is 0 Å². The number of aryl methyl sites for hydroxylation is 2. The third kappa shape index (κ3) is 1.47. The molecule has 0 N–H and O–H groups in total. The summed E-state index contributed by atoms with van der Waals surface area (Å²) in [6, 6.07) is 8.16. The van der Waals surface area contributed by atoms with Crippen LogP contribution < -0.4 is 0 Å². The zero-order chi connectivity index (χ0) is 12.9. The lowest BCUT2D eigenvalue weighted by Crippen LogP contribution is -2.25. The van der Waals surface area contributed by atoms with Gasteiger partial charge < -0.3 is 9.47 Å². The first kappa shape index (κ1) is 11.1. The smallest absolute Gasteiger partial charge is 0.256 e. The summed E-state index contributed by atoms with van der Waals surface area (Å²) in [4.78, 5) is 14.2. The first-order valence-electron chi connectivity index (χ1n) is 6.11. The second-order valence-corrected chi connectivity index (χ2v) is 5.00. The fourth-order valence-electron chi connectivity index (χ4n) is 2.52. The van der Waals surface area contributed by atoms with E-state index in [1.54, 1.807) is 4.90 Å². The number of hydrogen-bond acceptors (Lipinski definition) is 1. The fraction of sp³-hybridized carbons (Fsp3) is 0.267. The predicted octanol–water partition coefficient (Wildman–Crippen LogP) is 2.68. The molecule has 0 saturated carbocycles. The van der Waals surface area contributed by atoms with E-state index in [0.29, 0.717) is 6.54 Å². The average Bonchev–Trinajstić information content (AvgIpc) is 2.65. The number of rotatable bonds is 0. The Bertz CT molecular complexity index is 640. The largest absolute Gasteiger partial charge is 0.336 e. The maximum atomic E-state index is 12.4. The molecular formula is C15H16N2O. The van der Waals surface area contributed by atoms with Gasteiger partial charge in [-0.05, 0) is 37.6 Å². The molecule has 2 aromatic rings. The summed E-state index contributed by atoms with van der Waals surface area (Å²) in [5.74, 6) is 0.0943. The molecule has 0 unspecified atom stereocenters. The van der Waals surface area contributed by atoms with Gasteiger partial charge in [0.1, 0.15) is 0 Å². The topological polar surface area (TPSA) is 25.2 Å². The van der Waals surface area contributed by atoms with E-state index in [4.69, 9.17) is 0 Å². The lowest BCUT2D eigenvalue weighted by molar-refractivity contribution is 0.0788. The monoisotopic (exact) mass is 240 g/mol. The summed E-state index contributed by atoms with van der Waals surface area (Å²) in [5, 5.41) is 0. The van der Waals surface area contributed by atoms with Gasteiger partial charge in [0, 0.05) is 18.9 Å². The summed E-state index contributed by atoms with van der Waals surface area (Å²) in [6.45, 7) is 4.76. The first-order valence-corrected chi connectivity index (χ1v) is 6.11. The highest BCUT2D eigenvalue weighted by molar-refractivity contribution is 5.98. The maximum Gasteiger partial charge on any atom is 0.256 e. The number of carbonyl (C=O) groups excluding carboxylic acids is 1. The highest BCUT2D eigenvalue weighted by Crippen LogP contribution is 2.26. The Morgan fingerprint density at radius 3 is 2.72 bits per heavy atom. The molecule has 0 atom stereocenters. The van der Waals surface area contributed by atoms with E-state index >= 15 is 0 Å². The van der Waals surface area contributed by atoms with Gasteiger partial charge in [-0.15, -0.1) is 0 Å². The van der Waals surface area contributed by atoms with Crippen molar-refractivity contribution in [1.82, 2.24) is 9.47 Å². The van der Waals surface area contributed by atoms with Crippen LogP contribution in [0.25, 0.3) is 5.69 Å². The van der Waals surface area contributed by atoms with Gasteiger partial charge in [0.05, 0.1) is 17.8 Å². The van der Waals surface area contributed by atoms with E-state index in [-0.39, 0.29) is 5.91 Å². The minimum Gasteiger partial charge on any atom is -0.336 e. The van der Waals surface area contributed by atoms with Gasteiger partial charge in [0.15, 0.2) is 0 Å². The van der Waals surface area contributed by atoms with Crippen molar-refractivity contribution < 1.29 is 4.79 Å². The van der Waals surface area contributed by atoms with Crippen LogP contribution in [-0.2, 0) is 6.54 Å². The van der Waals surface area contributed by atoms with Crippen LogP contribution in [0.15, 0.2) is 30.5 Å². The Kier molecular flexibility index (Phi) is 2.30. The third-order valence-electron chi connectivity index (χ3n) is 3.60. The van der Waals surface area contributed by atoms with E-state index in [9.17, 15) is 4.79 Å². The summed E-state index contributed by atoms with van der Waals surface area (Å²) >= 11 is 0. The molecule has 0 radical (unpaired) electrons. The molecule has 92 valence electrons. The Morgan fingerprint density at radius 1 is 1.17 bits per heavy atom. The second-order valence-electron chi connectivity index (χ2n) is 5.00. The van der Waals surface area contributed by atoms with Crippen LogP contribution in [0, 0.1) is 13.8 Å². The summed E-state index contributed by atoms with van der Waals surface area (Å²) < 4.78 is 2.13. The van der Waals surface area contributed by atoms with Crippen molar-refractivity contribution in [2.75, 3.05) is 7.05 Å². The highest BCUT2D eigenvalue weighted by Gasteiger charge is 2.24. The van der Waals surface area contributed by atoms with Gasteiger partial charge in [-0.3, -0.25) is 4.79 Å². The predicted molar refractivity (Wildman–Crippen MR) is 71.0 cm³/mol. The molecule has 1 aliphatic heterocycles. The summed E-state index contributed by atoms with van der Waals surface area (Å²) in [6.07, 6.45) is 2.05. The van der Waals surface area contributed by atoms with Crippen LogP contribution in [0.4, 0.5) is 0 Å². The minimum absolute atomic E-state index is 0.0943. The fourth-order valence-corrected chi connectivity index (χ4v) is 2.52. The Morgan fingerprint density at radius 2 is 1.94 bits per heavy atom. The van der Waals surface area contributed by atoms with Crippen LogP contribution in [-0.4, -0.2) is 22.4 Å². The Labute approximate surface area is 107 Å². The van der Waals surface area contributed by atoms with Crippen molar-refractivity contribution in [3.8, 4) is 5.69 Å². The Balaban J connectivity index is 2.33. The normalized spacial score (nSPS) is 14.2. The van der Waals surface area contributed by atoms with E-state index in [2.05, 4.69) is 23.6 Å². The van der Waals surface area contributed by atoms with Gasteiger partial charge in [-0.2, -0.15) is 0 Å². The number of hydrogen-bond donors (Lipinski definition) is 0. The minimum atomic E-state index is 0.0943. The lowest BCUT2D eigenvalue weighted by atomic mass is 10.1. The van der Waals surface area contributed by atoms with Crippen molar-refractivity contribution >= 4 is 5.91 Å². The zero-order valence-corrected chi connectivity index (χ0v) is 10.9. The second kappa shape index (κ2) is 3.73. The van der Waals surface area contributed by atoms with Gasteiger partial charge in [0.2, 0.25) is 0 Å². The van der Waals surface area contributed by atoms with Crippen LogP contribution in [0.5, 0.6) is 0 Å². The maximum absolute atomic E-state index is 12.4. The highest BCUT2D eigenvalue weighted by atomic mass is 16.2. The molecule has 0 aliphatic carbocycles. The number of aromatic nitrogens is 1. The number of carbonyl (C=O) groups is 1. The van der Waals surface area contributed by atoms with Crippen LogP contribution in [0.3, 0.4) is 0 Å². The van der Waals surface area contributed by atoms with Gasteiger partial charge in [0.25, 0.3) is 5.91 Å². The van der Waals surface area contributed by atoms with Crippen molar-refractivity contribution in [2.24, 2.45) is 0 Å². The molecule has 0 saturated heterocycles. The van der Waals surface area contributed by atoms with Gasteiger partial charge >= 0.3 is 0 Å². The molecule has 0 spiro atoms. The molecule has 1 aliphatic rings. The standard InChI is InChI=1S/C15H16N2O/c1-10-4-5-13-12(8-10)15(18)16(3)9-14-11(2)6-7-17(13)14/h4-8H,9H2,1-3H3. The molecule has 1 aromatic heterocycles. The average molecular weight is 240 g/mol. The van der Waals surface area contributed by atoms with Crippen molar-refractivity contribution in [2.45, 2.75) is 20.4 Å². The Hall–Kier alpha value is -2.03. The molecule has 2 heterocycles.